The second-order valence-electron chi connectivity index (χ2n) is 4.46. The van der Waals surface area contributed by atoms with Crippen LogP contribution in [0.2, 0.25) is 5.02 Å². The second kappa shape index (κ2) is 6.76. The fraction of sp³-hybridized carbons (Fsp3) is 0.417. The predicted molar refractivity (Wildman–Crippen MR) is 80.6 cm³/mol. The molecule has 1 fully saturated rings. The molecule has 1 aromatic carbocycles. The van der Waals surface area contributed by atoms with Gasteiger partial charge in [-0.05, 0) is 18.2 Å². The lowest BCUT2D eigenvalue weighted by Crippen LogP contribution is -2.46. The average molecular weight is 339 g/mol. The third-order valence-corrected chi connectivity index (χ3v) is 4.43. The van der Waals surface area contributed by atoms with Crippen LogP contribution in [0.25, 0.3) is 0 Å². The maximum atomic E-state index is 12.2. The van der Waals surface area contributed by atoms with Crippen LogP contribution in [-0.2, 0) is 9.84 Å². The first-order valence-corrected chi connectivity index (χ1v) is 8.16. The van der Waals surface area contributed by atoms with E-state index in [4.69, 9.17) is 11.6 Å². The molecule has 0 aromatic heterocycles. The molecule has 8 heteroatoms. The molecule has 112 valence electrons. The quantitative estimate of drug-likeness (QED) is 0.880. The maximum Gasteiger partial charge on any atom is 0.255 e. The van der Waals surface area contributed by atoms with E-state index in [1.165, 1.54) is 18.2 Å². The molecule has 0 aliphatic carbocycles. The van der Waals surface area contributed by atoms with E-state index < -0.39 is 9.84 Å². The number of nitrogens with one attached hydrogen (secondary N) is 1. The number of piperazine rings is 1. The van der Waals surface area contributed by atoms with Gasteiger partial charge in [-0.3, -0.25) is 4.79 Å². The molecule has 1 heterocycles. The Balaban J connectivity index is 0.00000200. The summed E-state index contributed by atoms with van der Waals surface area (Å²) >= 11 is 6.02. The molecule has 0 saturated carbocycles. The van der Waals surface area contributed by atoms with Gasteiger partial charge in [-0.1, -0.05) is 11.6 Å². The van der Waals surface area contributed by atoms with Gasteiger partial charge in [0.15, 0.2) is 9.84 Å². The molecular weight excluding hydrogens is 323 g/mol. The number of hydrogen-bond donors (Lipinski definition) is 1. The Morgan fingerprint density at radius 2 is 1.90 bits per heavy atom. The van der Waals surface area contributed by atoms with E-state index in [-0.39, 0.29) is 28.2 Å². The van der Waals surface area contributed by atoms with Crippen LogP contribution in [0, 0.1) is 0 Å². The molecule has 1 aliphatic rings. The van der Waals surface area contributed by atoms with Gasteiger partial charge in [0.1, 0.15) is 0 Å². The van der Waals surface area contributed by atoms with Gasteiger partial charge in [0.05, 0.1) is 15.5 Å². The van der Waals surface area contributed by atoms with Crippen molar-refractivity contribution in [3.63, 3.8) is 0 Å². The van der Waals surface area contributed by atoms with Gasteiger partial charge in [-0.15, -0.1) is 12.4 Å². The fourth-order valence-corrected chi connectivity index (χ4v) is 2.91. The molecule has 1 aliphatic heterocycles. The zero-order chi connectivity index (χ0) is 14.0. The van der Waals surface area contributed by atoms with Crippen molar-refractivity contribution in [1.29, 1.82) is 0 Å². The molecule has 1 aromatic rings. The van der Waals surface area contributed by atoms with E-state index in [0.29, 0.717) is 18.7 Å². The molecule has 1 N–H and O–H groups in total. The Bertz CT molecular complexity index is 599. The van der Waals surface area contributed by atoms with E-state index in [9.17, 15) is 13.2 Å². The van der Waals surface area contributed by atoms with Crippen LogP contribution < -0.4 is 5.32 Å². The first-order chi connectivity index (χ1) is 8.89. The highest BCUT2D eigenvalue weighted by Crippen LogP contribution is 2.22. The Kier molecular flexibility index (Phi) is 5.82. The maximum absolute atomic E-state index is 12.2. The number of carbonyl (C=O) groups is 1. The summed E-state index contributed by atoms with van der Waals surface area (Å²) in [7, 11) is -3.31. The highest BCUT2D eigenvalue weighted by atomic mass is 35.5. The van der Waals surface area contributed by atoms with Crippen molar-refractivity contribution in [2.45, 2.75) is 4.90 Å². The molecule has 0 spiro atoms. The lowest BCUT2D eigenvalue weighted by molar-refractivity contribution is 0.0736. The minimum atomic E-state index is -3.31. The van der Waals surface area contributed by atoms with Gasteiger partial charge in [-0.25, -0.2) is 8.42 Å². The number of halogens is 2. The van der Waals surface area contributed by atoms with E-state index in [2.05, 4.69) is 5.32 Å². The molecule has 5 nitrogen and oxygen atoms in total. The van der Waals surface area contributed by atoms with Crippen LogP contribution in [0.15, 0.2) is 23.1 Å². The van der Waals surface area contributed by atoms with Crippen LogP contribution >= 0.6 is 24.0 Å². The van der Waals surface area contributed by atoms with E-state index in [0.717, 1.165) is 19.3 Å². The van der Waals surface area contributed by atoms with Crippen LogP contribution in [-0.4, -0.2) is 51.7 Å². The minimum Gasteiger partial charge on any atom is -0.336 e. The summed E-state index contributed by atoms with van der Waals surface area (Å²) in [5.74, 6) is -0.161. The molecule has 2 rings (SSSR count). The first kappa shape index (κ1) is 17.2. The molecule has 1 amide bonds. The Morgan fingerprint density at radius 1 is 1.30 bits per heavy atom. The summed E-state index contributed by atoms with van der Waals surface area (Å²) in [6, 6.07) is 4.21. The van der Waals surface area contributed by atoms with Gasteiger partial charge >= 0.3 is 0 Å². The zero-order valence-electron chi connectivity index (χ0n) is 10.9. The van der Waals surface area contributed by atoms with E-state index in [1.54, 1.807) is 4.90 Å². The molecule has 20 heavy (non-hydrogen) atoms. The normalized spacial score (nSPS) is 15.6. The van der Waals surface area contributed by atoms with Crippen LogP contribution in [0.3, 0.4) is 0 Å². The molecular formula is C12H16Cl2N2O3S. The van der Waals surface area contributed by atoms with Crippen molar-refractivity contribution in [2.24, 2.45) is 0 Å². The van der Waals surface area contributed by atoms with Gasteiger partial charge in [0.2, 0.25) is 0 Å². The van der Waals surface area contributed by atoms with Gasteiger partial charge in [0.25, 0.3) is 5.91 Å². The summed E-state index contributed by atoms with van der Waals surface area (Å²) in [6.45, 7) is 2.77. The summed E-state index contributed by atoms with van der Waals surface area (Å²) in [4.78, 5) is 14.1. The number of benzene rings is 1. The van der Waals surface area contributed by atoms with Crippen LogP contribution in [0.4, 0.5) is 0 Å². The van der Waals surface area contributed by atoms with Crippen molar-refractivity contribution in [3.05, 3.63) is 28.8 Å². The number of hydrogen-bond acceptors (Lipinski definition) is 4. The highest BCUT2D eigenvalue weighted by Gasteiger charge is 2.21. The number of carbonyl (C=O) groups excluding carboxylic acids is 1. The fourth-order valence-electron chi connectivity index (χ4n) is 1.94. The van der Waals surface area contributed by atoms with Gasteiger partial charge in [0, 0.05) is 32.4 Å². The lowest BCUT2D eigenvalue weighted by atomic mass is 10.2. The summed E-state index contributed by atoms with van der Waals surface area (Å²) in [5, 5.41) is 3.33. The molecule has 0 bridgehead atoms. The number of rotatable bonds is 2. The number of amides is 1. The molecule has 0 unspecified atom stereocenters. The molecule has 0 radical (unpaired) electrons. The van der Waals surface area contributed by atoms with E-state index >= 15 is 0 Å². The SMILES string of the molecule is CS(=O)(=O)c1ccc(C(=O)N2CCNCC2)c(Cl)c1.Cl. The van der Waals surface area contributed by atoms with Crippen molar-refractivity contribution in [3.8, 4) is 0 Å². The second-order valence-corrected chi connectivity index (χ2v) is 6.88. The summed E-state index contributed by atoms with van der Waals surface area (Å²) in [6.07, 6.45) is 1.11. The smallest absolute Gasteiger partial charge is 0.255 e. The van der Waals surface area contributed by atoms with Crippen LogP contribution in [0.5, 0.6) is 0 Å². The lowest BCUT2D eigenvalue weighted by Gasteiger charge is -2.27. The topological polar surface area (TPSA) is 66.5 Å². The summed E-state index contributed by atoms with van der Waals surface area (Å²) < 4.78 is 22.8. The van der Waals surface area contributed by atoms with Crippen molar-refractivity contribution < 1.29 is 13.2 Å². The predicted octanol–water partition coefficient (Wildman–Crippen LogP) is 1.21. The largest absolute Gasteiger partial charge is 0.336 e. The highest BCUT2D eigenvalue weighted by molar-refractivity contribution is 7.90. The van der Waals surface area contributed by atoms with Crippen molar-refractivity contribution >= 4 is 39.8 Å². The molecule has 1 saturated heterocycles. The molecule has 0 atom stereocenters. The van der Waals surface area contributed by atoms with Crippen LogP contribution in [0.1, 0.15) is 10.4 Å². The third kappa shape index (κ3) is 3.85. The van der Waals surface area contributed by atoms with Crippen molar-refractivity contribution in [1.82, 2.24) is 10.2 Å². The first-order valence-electron chi connectivity index (χ1n) is 5.89. The Hall–Kier alpha value is -0.820. The number of nitrogens with zero attached hydrogens (tertiary/aromatic N) is 1. The van der Waals surface area contributed by atoms with Crippen molar-refractivity contribution in [2.75, 3.05) is 32.4 Å². The third-order valence-electron chi connectivity index (χ3n) is 3.00. The summed E-state index contributed by atoms with van der Waals surface area (Å²) in [5.41, 5.74) is 0.343. The van der Waals surface area contributed by atoms with Gasteiger partial charge in [-0.2, -0.15) is 0 Å². The standard InChI is InChI=1S/C12H15ClN2O3S.ClH/c1-19(17,18)9-2-3-10(11(13)8-9)12(16)15-6-4-14-5-7-15;/h2-3,8,14H,4-7H2,1H3;1H. The minimum absolute atomic E-state index is 0. The zero-order valence-corrected chi connectivity index (χ0v) is 13.3. The number of sulfone groups is 1. The van der Waals surface area contributed by atoms with Gasteiger partial charge < -0.3 is 10.2 Å². The average Bonchev–Trinajstić information content (AvgIpc) is 2.38. The Labute approximate surface area is 129 Å². The van der Waals surface area contributed by atoms with E-state index in [1.807, 2.05) is 0 Å². The monoisotopic (exact) mass is 338 g/mol. The Morgan fingerprint density at radius 3 is 2.40 bits per heavy atom.